The first-order valence-electron chi connectivity index (χ1n) is 7.56. The second kappa shape index (κ2) is 8.49. The highest BCUT2D eigenvalue weighted by Crippen LogP contribution is 2.23. The van der Waals surface area contributed by atoms with Gasteiger partial charge in [0.05, 0.1) is 10.7 Å². The van der Waals surface area contributed by atoms with Crippen LogP contribution in [0, 0.1) is 0 Å². The number of ether oxygens (including phenoxy) is 1. The molecular formula is C18H19BrN2O3. The van der Waals surface area contributed by atoms with E-state index in [0.717, 1.165) is 12.0 Å². The van der Waals surface area contributed by atoms with Crippen LogP contribution in [0.4, 0.5) is 0 Å². The smallest absolute Gasteiger partial charge is 0.280 e. The fraction of sp³-hybridized carbons (Fsp3) is 0.222. The van der Waals surface area contributed by atoms with E-state index in [4.69, 9.17) is 4.74 Å². The van der Waals surface area contributed by atoms with Gasteiger partial charge in [0.2, 0.25) is 0 Å². The topological polar surface area (TPSA) is 70.9 Å². The van der Waals surface area contributed by atoms with Gasteiger partial charge >= 0.3 is 0 Å². The summed E-state index contributed by atoms with van der Waals surface area (Å²) in [5, 5.41) is 13.3. The number of hydrogen-bond acceptors (Lipinski definition) is 4. The minimum Gasteiger partial charge on any atom is -0.507 e. The molecule has 2 aromatic carbocycles. The first-order chi connectivity index (χ1) is 11.5. The lowest BCUT2D eigenvalue weighted by molar-refractivity contribution is -0.127. The van der Waals surface area contributed by atoms with Gasteiger partial charge in [-0.3, -0.25) is 4.79 Å². The molecule has 0 aliphatic carbocycles. The lowest BCUT2D eigenvalue weighted by Gasteiger charge is -2.13. The van der Waals surface area contributed by atoms with Gasteiger partial charge < -0.3 is 9.84 Å². The molecule has 1 amide bonds. The number of hydrazone groups is 1. The lowest BCUT2D eigenvalue weighted by Crippen LogP contribution is -2.33. The number of benzene rings is 2. The van der Waals surface area contributed by atoms with Crippen LogP contribution in [-0.4, -0.2) is 23.3 Å². The Morgan fingerprint density at radius 1 is 1.33 bits per heavy atom. The van der Waals surface area contributed by atoms with E-state index in [-0.39, 0.29) is 11.7 Å². The number of nitrogens with zero attached hydrogens (tertiary/aromatic N) is 1. The Labute approximate surface area is 149 Å². The highest BCUT2D eigenvalue weighted by Gasteiger charge is 2.13. The van der Waals surface area contributed by atoms with E-state index in [1.807, 2.05) is 24.3 Å². The zero-order chi connectivity index (χ0) is 17.5. The van der Waals surface area contributed by atoms with E-state index in [1.165, 1.54) is 11.8 Å². The van der Waals surface area contributed by atoms with Crippen LogP contribution in [0.25, 0.3) is 0 Å². The van der Waals surface area contributed by atoms with E-state index in [2.05, 4.69) is 33.4 Å². The molecule has 0 spiro atoms. The van der Waals surface area contributed by atoms with Crippen molar-refractivity contribution < 1.29 is 14.6 Å². The Balaban J connectivity index is 1.88. The summed E-state index contributed by atoms with van der Waals surface area (Å²) in [6.45, 7) is 3.74. The molecule has 0 saturated heterocycles. The van der Waals surface area contributed by atoms with Gasteiger partial charge in [-0.15, -0.1) is 0 Å². The van der Waals surface area contributed by atoms with Crippen molar-refractivity contribution in [3.05, 3.63) is 58.1 Å². The summed E-state index contributed by atoms with van der Waals surface area (Å²) in [6.07, 6.45) is 1.78. The summed E-state index contributed by atoms with van der Waals surface area (Å²) in [5.74, 6) is 0.442. The van der Waals surface area contributed by atoms with Crippen molar-refractivity contribution in [1.29, 1.82) is 0 Å². The summed E-state index contributed by atoms with van der Waals surface area (Å²) >= 11 is 3.22. The molecule has 0 saturated carbocycles. The zero-order valence-corrected chi connectivity index (χ0v) is 15.1. The maximum Gasteiger partial charge on any atom is 0.280 e. The van der Waals surface area contributed by atoms with E-state index >= 15 is 0 Å². The summed E-state index contributed by atoms with van der Waals surface area (Å²) in [7, 11) is 0. The van der Waals surface area contributed by atoms with Gasteiger partial charge in [-0.05, 0) is 70.7 Å². The van der Waals surface area contributed by atoms with E-state index in [9.17, 15) is 9.90 Å². The van der Waals surface area contributed by atoms with Crippen LogP contribution >= 0.6 is 15.9 Å². The maximum absolute atomic E-state index is 12.0. The Hall–Kier alpha value is -2.34. The van der Waals surface area contributed by atoms with Crippen molar-refractivity contribution in [3.8, 4) is 11.5 Å². The summed E-state index contributed by atoms with van der Waals surface area (Å²) in [5.41, 5.74) is 4.39. The quantitative estimate of drug-likeness (QED) is 0.584. The number of phenolic OH excluding ortho intramolecular Hbond substituents is 1. The third kappa shape index (κ3) is 5.09. The Kier molecular flexibility index (Phi) is 6.37. The van der Waals surface area contributed by atoms with Crippen LogP contribution in [-0.2, 0) is 11.2 Å². The van der Waals surface area contributed by atoms with Crippen molar-refractivity contribution >= 4 is 28.1 Å². The number of aryl methyl sites for hydroxylation is 1. The molecular weight excluding hydrogens is 372 g/mol. The van der Waals surface area contributed by atoms with Crippen LogP contribution < -0.4 is 10.2 Å². The van der Waals surface area contributed by atoms with Crippen molar-refractivity contribution in [2.45, 2.75) is 26.4 Å². The highest BCUT2D eigenvalue weighted by molar-refractivity contribution is 9.10. The second-order valence-electron chi connectivity index (χ2n) is 5.20. The molecule has 0 radical (unpaired) electrons. The molecule has 24 heavy (non-hydrogen) atoms. The first kappa shape index (κ1) is 18.0. The van der Waals surface area contributed by atoms with Gasteiger partial charge in [-0.25, -0.2) is 5.43 Å². The largest absolute Gasteiger partial charge is 0.507 e. The normalized spacial score (nSPS) is 12.1. The summed E-state index contributed by atoms with van der Waals surface area (Å²) < 4.78 is 6.15. The molecule has 2 N–H and O–H groups in total. The molecule has 126 valence electrons. The first-order valence-corrected chi connectivity index (χ1v) is 8.36. The molecule has 1 atom stereocenters. The van der Waals surface area contributed by atoms with E-state index < -0.39 is 6.10 Å². The van der Waals surface area contributed by atoms with Gasteiger partial charge in [0.1, 0.15) is 11.5 Å². The molecule has 0 aliphatic rings. The molecule has 1 unspecified atom stereocenters. The molecule has 0 fully saturated rings. The average Bonchev–Trinajstić information content (AvgIpc) is 2.58. The Morgan fingerprint density at radius 3 is 2.67 bits per heavy atom. The number of halogens is 1. The van der Waals surface area contributed by atoms with Crippen LogP contribution in [0.5, 0.6) is 11.5 Å². The fourth-order valence-corrected chi connectivity index (χ4v) is 2.32. The minimum absolute atomic E-state index is 0.146. The Bertz CT molecular complexity index is 730. The number of amides is 1. The summed E-state index contributed by atoms with van der Waals surface area (Å²) in [6, 6.07) is 12.6. The number of nitrogens with one attached hydrogen (secondary N) is 1. The van der Waals surface area contributed by atoms with E-state index in [0.29, 0.717) is 10.2 Å². The fourth-order valence-electron chi connectivity index (χ4n) is 1.93. The molecule has 0 aromatic heterocycles. The van der Waals surface area contributed by atoms with Crippen molar-refractivity contribution in [2.24, 2.45) is 5.10 Å². The monoisotopic (exact) mass is 390 g/mol. The standard InChI is InChI=1S/C18H19BrN2O3/c1-3-13-4-7-15(8-5-13)24-12(2)18(23)21-20-11-14-6-9-17(22)16(19)10-14/h4-12,22H,3H2,1-2H3,(H,21,23). The number of phenols is 1. The van der Waals surface area contributed by atoms with Gasteiger partial charge in [0.25, 0.3) is 5.91 Å². The molecule has 0 heterocycles. The van der Waals surface area contributed by atoms with Crippen molar-refractivity contribution in [3.63, 3.8) is 0 Å². The van der Waals surface area contributed by atoms with Gasteiger partial charge in [0.15, 0.2) is 6.10 Å². The van der Waals surface area contributed by atoms with Crippen molar-refractivity contribution in [2.75, 3.05) is 0 Å². The van der Waals surface area contributed by atoms with Crippen LogP contribution in [0.15, 0.2) is 52.0 Å². The molecule has 6 heteroatoms. The number of hydrogen-bond donors (Lipinski definition) is 2. The number of carbonyl (C=O) groups is 1. The summed E-state index contributed by atoms with van der Waals surface area (Å²) in [4.78, 5) is 12.0. The molecule has 2 aromatic rings. The second-order valence-corrected chi connectivity index (χ2v) is 6.06. The van der Waals surface area contributed by atoms with Crippen LogP contribution in [0.1, 0.15) is 25.0 Å². The molecule has 2 rings (SSSR count). The lowest BCUT2D eigenvalue weighted by atomic mass is 10.2. The molecule has 0 aliphatic heterocycles. The van der Waals surface area contributed by atoms with Gasteiger partial charge in [0, 0.05) is 0 Å². The number of rotatable bonds is 6. The van der Waals surface area contributed by atoms with Crippen LogP contribution in [0.3, 0.4) is 0 Å². The van der Waals surface area contributed by atoms with Gasteiger partial charge in [-0.2, -0.15) is 5.10 Å². The SMILES string of the molecule is CCc1ccc(OC(C)C(=O)NN=Cc2ccc(O)c(Br)c2)cc1. The predicted octanol–water partition coefficient (Wildman–Crippen LogP) is 3.63. The zero-order valence-electron chi connectivity index (χ0n) is 13.5. The van der Waals surface area contributed by atoms with Crippen LogP contribution in [0.2, 0.25) is 0 Å². The van der Waals surface area contributed by atoms with Gasteiger partial charge in [-0.1, -0.05) is 19.1 Å². The predicted molar refractivity (Wildman–Crippen MR) is 97.5 cm³/mol. The third-order valence-electron chi connectivity index (χ3n) is 3.37. The average molecular weight is 391 g/mol. The molecule has 5 nitrogen and oxygen atoms in total. The number of aromatic hydroxyl groups is 1. The maximum atomic E-state index is 12.0. The number of carbonyl (C=O) groups excluding carboxylic acids is 1. The van der Waals surface area contributed by atoms with E-state index in [1.54, 1.807) is 25.1 Å². The highest BCUT2D eigenvalue weighted by atomic mass is 79.9. The minimum atomic E-state index is -0.666. The van der Waals surface area contributed by atoms with Crippen molar-refractivity contribution in [1.82, 2.24) is 5.43 Å². The third-order valence-corrected chi connectivity index (χ3v) is 4.01. The Morgan fingerprint density at radius 2 is 2.04 bits per heavy atom. The molecule has 0 bridgehead atoms.